The van der Waals surface area contributed by atoms with Crippen LogP contribution in [0.4, 0.5) is 5.82 Å². The third-order valence-corrected chi connectivity index (χ3v) is 2.23. The van der Waals surface area contributed by atoms with E-state index < -0.39 is 5.97 Å². The summed E-state index contributed by atoms with van der Waals surface area (Å²) in [6, 6.07) is 6.66. The number of nitrogen functional groups attached to an aromatic ring is 1. The third kappa shape index (κ3) is 2.70. The molecule has 0 bridgehead atoms. The lowest BCUT2D eigenvalue weighted by Gasteiger charge is -2.04. The van der Waals surface area contributed by atoms with Crippen molar-refractivity contribution >= 4 is 23.4 Å². The molecule has 0 saturated carbocycles. The van der Waals surface area contributed by atoms with Crippen molar-refractivity contribution in [3.8, 4) is 5.75 Å². The molecule has 5 nitrogen and oxygen atoms in total. The van der Waals surface area contributed by atoms with Crippen LogP contribution in [0.15, 0.2) is 36.7 Å². The first-order valence-corrected chi connectivity index (χ1v) is 5.09. The Morgan fingerprint density at radius 2 is 2.00 bits per heavy atom. The van der Waals surface area contributed by atoms with Gasteiger partial charge in [-0.05, 0) is 12.1 Å². The minimum absolute atomic E-state index is 0.0686. The largest absolute Gasteiger partial charge is 0.420 e. The maximum atomic E-state index is 11.7. The number of hydrogen-bond donors (Lipinski definition) is 1. The third-order valence-electron chi connectivity index (χ3n) is 1.92. The molecular weight excluding hydrogens is 242 g/mol. The SMILES string of the molecule is Nc1cnc(C(=O)Oc2ccccc2Cl)cn1. The van der Waals surface area contributed by atoms with Gasteiger partial charge in [-0.2, -0.15) is 0 Å². The fraction of sp³-hybridized carbons (Fsp3) is 0. The van der Waals surface area contributed by atoms with Gasteiger partial charge in [-0.25, -0.2) is 14.8 Å². The van der Waals surface area contributed by atoms with Crippen molar-refractivity contribution in [3.05, 3.63) is 47.4 Å². The monoisotopic (exact) mass is 249 g/mol. The molecule has 0 fully saturated rings. The number of aromatic nitrogens is 2. The summed E-state index contributed by atoms with van der Waals surface area (Å²) in [7, 11) is 0. The molecule has 1 heterocycles. The van der Waals surface area contributed by atoms with Crippen LogP contribution in [0.1, 0.15) is 10.5 Å². The summed E-state index contributed by atoms with van der Waals surface area (Å²) in [4.78, 5) is 19.2. The van der Waals surface area contributed by atoms with Crippen molar-refractivity contribution in [1.82, 2.24) is 9.97 Å². The molecule has 1 aromatic heterocycles. The van der Waals surface area contributed by atoms with Crippen LogP contribution in [0.5, 0.6) is 5.75 Å². The number of para-hydroxylation sites is 1. The van der Waals surface area contributed by atoms with Gasteiger partial charge >= 0.3 is 5.97 Å². The van der Waals surface area contributed by atoms with Gasteiger partial charge in [0.25, 0.3) is 0 Å². The standard InChI is InChI=1S/C11H8ClN3O2/c12-7-3-1-2-4-9(7)17-11(16)8-5-15-10(13)6-14-8/h1-6H,(H2,13,15). The zero-order valence-electron chi connectivity index (χ0n) is 8.63. The van der Waals surface area contributed by atoms with Gasteiger partial charge in [0.1, 0.15) is 11.6 Å². The van der Waals surface area contributed by atoms with Gasteiger partial charge in [0, 0.05) is 0 Å². The predicted octanol–water partition coefficient (Wildman–Crippen LogP) is 1.93. The summed E-state index contributed by atoms with van der Waals surface area (Å²) in [5.74, 6) is -0.123. The summed E-state index contributed by atoms with van der Waals surface area (Å²) in [6.07, 6.45) is 2.53. The Morgan fingerprint density at radius 3 is 2.65 bits per heavy atom. The highest BCUT2D eigenvalue weighted by Crippen LogP contribution is 2.23. The van der Waals surface area contributed by atoms with E-state index in [1.54, 1.807) is 24.3 Å². The molecule has 0 atom stereocenters. The minimum atomic E-state index is -0.634. The van der Waals surface area contributed by atoms with E-state index in [1.165, 1.54) is 12.4 Å². The highest BCUT2D eigenvalue weighted by atomic mass is 35.5. The van der Waals surface area contributed by atoms with Gasteiger partial charge in [-0.3, -0.25) is 0 Å². The van der Waals surface area contributed by atoms with Crippen LogP contribution in [0, 0.1) is 0 Å². The van der Waals surface area contributed by atoms with Crippen LogP contribution in [0.25, 0.3) is 0 Å². The number of rotatable bonds is 2. The first kappa shape index (κ1) is 11.3. The number of nitrogens with two attached hydrogens (primary N) is 1. The number of nitrogens with zero attached hydrogens (tertiary/aromatic N) is 2. The quantitative estimate of drug-likeness (QED) is 0.650. The van der Waals surface area contributed by atoms with E-state index in [2.05, 4.69) is 9.97 Å². The van der Waals surface area contributed by atoms with Crippen LogP contribution >= 0.6 is 11.6 Å². The second-order valence-electron chi connectivity index (χ2n) is 3.15. The Balaban J connectivity index is 2.17. The maximum Gasteiger partial charge on any atom is 0.363 e. The van der Waals surface area contributed by atoms with Gasteiger partial charge in [-0.15, -0.1) is 0 Å². The topological polar surface area (TPSA) is 78.1 Å². The number of benzene rings is 1. The second kappa shape index (κ2) is 4.80. The van der Waals surface area contributed by atoms with Gasteiger partial charge in [0.05, 0.1) is 17.4 Å². The first-order valence-electron chi connectivity index (χ1n) is 4.71. The number of halogens is 1. The number of anilines is 1. The Morgan fingerprint density at radius 1 is 1.24 bits per heavy atom. The van der Waals surface area contributed by atoms with Crippen molar-refractivity contribution in [3.63, 3.8) is 0 Å². The molecule has 17 heavy (non-hydrogen) atoms. The van der Waals surface area contributed by atoms with E-state index in [1.807, 2.05) is 0 Å². The molecular formula is C11H8ClN3O2. The number of carbonyl (C=O) groups excluding carboxylic acids is 1. The summed E-state index contributed by atoms with van der Waals surface area (Å²) in [5, 5.41) is 0.351. The molecule has 0 radical (unpaired) electrons. The van der Waals surface area contributed by atoms with E-state index in [-0.39, 0.29) is 17.3 Å². The number of hydrogen-bond acceptors (Lipinski definition) is 5. The van der Waals surface area contributed by atoms with E-state index in [0.29, 0.717) is 5.02 Å². The number of carbonyl (C=O) groups is 1. The van der Waals surface area contributed by atoms with Crippen LogP contribution in [-0.2, 0) is 0 Å². The lowest BCUT2D eigenvalue weighted by atomic mass is 10.3. The van der Waals surface area contributed by atoms with Crippen molar-refractivity contribution in [2.75, 3.05) is 5.73 Å². The molecule has 0 spiro atoms. The van der Waals surface area contributed by atoms with Crippen molar-refractivity contribution < 1.29 is 9.53 Å². The minimum Gasteiger partial charge on any atom is -0.420 e. The fourth-order valence-corrected chi connectivity index (χ4v) is 1.30. The second-order valence-corrected chi connectivity index (χ2v) is 3.55. The lowest BCUT2D eigenvalue weighted by molar-refractivity contribution is 0.0728. The smallest absolute Gasteiger partial charge is 0.363 e. The molecule has 6 heteroatoms. The Bertz CT molecular complexity index is 543. The van der Waals surface area contributed by atoms with Gasteiger partial charge in [0.15, 0.2) is 5.69 Å². The Kier molecular flexibility index (Phi) is 3.20. The van der Waals surface area contributed by atoms with Crippen LogP contribution < -0.4 is 10.5 Å². The Hall–Kier alpha value is -2.14. The van der Waals surface area contributed by atoms with Gasteiger partial charge < -0.3 is 10.5 Å². The molecule has 2 N–H and O–H groups in total. The average Bonchev–Trinajstić information content (AvgIpc) is 2.33. The van der Waals surface area contributed by atoms with Gasteiger partial charge in [-0.1, -0.05) is 23.7 Å². The molecule has 2 rings (SSSR count). The number of esters is 1. The van der Waals surface area contributed by atoms with E-state index in [4.69, 9.17) is 22.1 Å². The maximum absolute atomic E-state index is 11.7. The fourth-order valence-electron chi connectivity index (χ4n) is 1.12. The molecule has 86 valence electrons. The van der Waals surface area contributed by atoms with E-state index in [0.717, 1.165) is 0 Å². The average molecular weight is 250 g/mol. The Labute approximate surface area is 102 Å². The molecule has 0 saturated heterocycles. The van der Waals surface area contributed by atoms with Crippen molar-refractivity contribution in [1.29, 1.82) is 0 Å². The predicted molar refractivity (Wildman–Crippen MR) is 62.9 cm³/mol. The summed E-state index contributed by atoms with van der Waals surface area (Å²) in [6.45, 7) is 0. The summed E-state index contributed by atoms with van der Waals surface area (Å²) < 4.78 is 5.06. The highest BCUT2D eigenvalue weighted by molar-refractivity contribution is 6.32. The summed E-state index contributed by atoms with van der Waals surface area (Å²) >= 11 is 5.85. The summed E-state index contributed by atoms with van der Waals surface area (Å²) in [5.41, 5.74) is 5.43. The zero-order chi connectivity index (χ0) is 12.3. The van der Waals surface area contributed by atoms with Crippen LogP contribution in [-0.4, -0.2) is 15.9 Å². The van der Waals surface area contributed by atoms with Crippen molar-refractivity contribution in [2.24, 2.45) is 0 Å². The molecule has 0 aliphatic heterocycles. The van der Waals surface area contributed by atoms with Crippen LogP contribution in [0.2, 0.25) is 5.02 Å². The number of ether oxygens (including phenoxy) is 1. The zero-order valence-corrected chi connectivity index (χ0v) is 9.39. The van der Waals surface area contributed by atoms with Crippen molar-refractivity contribution in [2.45, 2.75) is 0 Å². The normalized spacial score (nSPS) is 9.94. The van der Waals surface area contributed by atoms with Gasteiger partial charge in [0.2, 0.25) is 0 Å². The van der Waals surface area contributed by atoms with Crippen LogP contribution in [0.3, 0.4) is 0 Å². The van der Waals surface area contributed by atoms with E-state index in [9.17, 15) is 4.79 Å². The molecule has 2 aromatic rings. The highest BCUT2D eigenvalue weighted by Gasteiger charge is 2.12. The molecule has 0 unspecified atom stereocenters. The molecule has 0 aliphatic carbocycles. The molecule has 0 aliphatic rings. The van der Waals surface area contributed by atoms with E-state index >= 15 is 0 Å². The lowest BCUT2D eigenvalue weighted by Crippen LogP contribution is -2.11. The first-order chi connectivity index (χ1) is 8.16. The molecule has 1 aromatic carbocycles. The molecule has 0 amide bonds.